The van der Waals surface area contributed by atoms with Gasteiger partial charge in [-0.05, 0) is 24.3 Å². The minimum atomic E-state index is -0.198. The van der Waals surface area contributed by atoms with Crippen LogP contribution in [-0.4, -0.2) is 4.98 Å². The first-order valence-corrected chi connectivity index (χ1v) is 4.98. The number of nitriles is 1. The Bertz CT molecular complexity index is 625. The molecule has 0 aliphatic rings. The number of H-pyrrole nitrogens is 1. The maximum atomic E-state index is 11.2. The van der Waals surface area contributed by atoms with Crippen molar-refractivity contribution in [3.8, 4) is 17.3 Å². The minimum absolute atomic E-state index is 0.198. The van der Waals surface area contributed by atoms with Gasteiger partial charge in [-0.25, -0.2) is 0 Å². The molecule has 0 bridgehead atoms. The van der Waals surface area contributed by atoms with Gasteiger partial charge in [-0.2, -0.15) is 5.26 Å². The smallest absolute Gasteiger partial charge is 0.248 e. The van der Waals surface area contributed by atoms with Gasteiger partial charge in [0.15, 0.2) is 0 Å². The first-order chi connectivity index (χ1) is 7.70. The number of pyridine rings is 1. The zero-order chi connectivity index (χ0) is 11.5. The first kappa shape index (κ1) is 10.5. The van der Waals surface area contributed by atoms with Crippen molar-refractivity contribution >= 4 is 11.6 Å². The molecule has 0 aliphatic carbocycles. The molecule has 1 aromatic carbocycles. The summed E-state index contributed by atoms with van der Waals surface area (Å²) in [7, 11) is 0. The summed E-state index contributed by atoms with van der Waals surface area (Å²) < 4.78 is 0. The second-order valence-electron chi connectivity index (χ2n) is 3.24. The Kier molecular flexibility index (Phi) is 2.76. The van der Waals surface area contributed by atoms with Gasteiger partial charge in [-0.3, -0.25) is 4.79 Å². The number of aromatic nitrogens is 1. The summed E-state index contributed by atoms with van der Waals surface area (Å²) in [5.74, 6) is 0. The van der Waals surface area contributed by atoms with Crippen molar-refractivity contribution in [1.29, 1.82) is 5.26 Å². The molecular weight excluding hydrogens is 224 g/mol. The standard InChI is InChI=1S/C12H7ClN2O/c13-10-5-4-8(7-14)6-9(10)11-2-1-3-12(16)15-11/h1-6H,(H,15,16). The Hall–Kier alpha value is -2.05. The van der Waals surface area contributed by atoms with Crippen LogP contribution in [0.25, 0.3) is 11.3 Å². The lowest BCUT2D eigenvalue weighted by atomic mass is 10.1. The highest BCUT2D eigenvalue weighted by atomic mass is 35.5. The maximum Gasteiger partial charge on any atom is 0.248 e. The molecule has 4 heteroatoms. The van der Waals surface area contributed by atoms with Crippen LogP contribution in [0.2, 0.25) is 5.02 Å². The molecule has 0 unspecified atom stereocenters. The van der Waals surface area contributed by atoms with E-state index < -0.39 is 0 Å². The molecular formula is C12H7ClN2O. The highest BCUT2D eigenvalue weighted by molar-refractivity contribution is 6.33. The van der Waals surface area contributed by atoms with Gasteiger partial charge in [0, 0.05) is 22.3 Å². The fourth-order valence-corrected chi connectivity index (χ4v) is 1.63. The number of hydrogen-bond donors (Lipinski definition) is 1. The molecule has 0 saturated carbocycles. The van der Waals surface area contributed by atoms with Crippen LogP contribution in [0.15, 0.2) is 41.2 Å². The Morgan fingerprint density at radius 1 is 1.25 bits per heavy atom. The van der Waals surface area contributed by atoms with Crippen LogP contribution in [0.3, 0.4) is 0 Å². The fourth-order valence-electron chi connectivity index (χ4n) is 1.41. The van der Waals surface area contributed by atoms with E-state index >= 15 is 0 Å². The minimum Gasteiger partial charge on any atom is -0.322 e. The summed E-state index contributed by atoms with van der Waals surface area (Å²) >= 11 is 6.01. The van der Waals surface area contributed by atoms with E-state index in [4.69, 9.17) is 16.9 Å². The lowest BCUT2D eigenvalue weighted by molar-refractivity contribution is 1.24. The van der Waals surface area contributed by atoms with Crippen LogP contribution in [0.4, 0.5) is 0 Å². The number of hydrogen-bond acceptors (Lipinski definition) is 2. The van der Waals surface area contributed by atoms with Crippen LogP contribution in [0.1, 0.15) is 5.56 Å². The van der Waals surface area contributed by atoms with E-state index in [1.165, 1.54) is 6.07 Å². The van der Waals surface area contributed by atoms with Crippen molar-refractivity contribution in [2.24, 2.45) is 0 Å². The topological polar surface area (TPSA) is 56.6 Å². The van der Waals surface area contributed by atoms with Crippen molar-refractivity contribution in [2.45, 2.75) is 0 Å². The third-order valence-corrected chi connectivity index (χ3v) is 2.48. The van der Waals surface area contributed by atoms with E-state index in [0.29, 0.717) is 21.8 Å². The molecule has 0 fully saturated rings. The molecule has 3 nitrogen and oxygen atoms in total. The molecule has 0 atom stereocenters. The molecule has 16 heavy (non-hydrogen) atoms. The average Bonchev–Trinajstić information content (AvgIpc) is 2.30. The largest absolute Gasteiger partial charge is 0.322 e. The monoisotopic (exact) mass is 230 g/mol. The van der Waals surface area contributed by atoms with Gasteiger partial charge in [-0.15, -0.1) is 0 Å². The summed E-state index contributed by atoms with van der Waals surface area (Å²) in [5.41, 5.74) is 1.56. The summed E-state index contributed by atoms with van der Waals surface area (Å²) in [4.78, 5) is 13.8. The van der Waals surface area contributed by atoms with Crippen LogP contribution < -0.4 is 5.56 Å². The molecule has 1 aromatic heterocycles. The summed E-state index contributed by atoms with van der Waals surface area (Å²) in [6, 6.07) is 11.8. The van der Waals surface area contributed by atoms with Crippen LogP contribution in [-0.2, 0) is 0 Å². The van der Waals surface area contributed by atoms with Crippen molar-refractivity contribution < 1.29 is 0 Å². The first-order valence-electron chi connectivity index (χ1n) is 4.60. The summed E-state index contributed by atoms with van der Waals surface area (Å²) in [5, 5.41) is 9.29. The van der Waals surface area contributed by atoms with Crippen molar-refractivity contribution in [2.75, 3.05) is 0 Å². The number of nitrogens with one attached hydrogen (secondary N) is 1. The summed E-state index contributed by atoms with van der Waals surface area (Å²) in [6.45, 7) is 0. The van der Waals surface area contributed by atoms with Gasteiger partial charge < -0.3 is 4.98 Å². The highest BCUT2D eigenvalue weighted by Crippen LogP contribution is 2.26. The third kappa shape index (κ3) is 1.97. The van der Waals surface area contributed by atoms with E-state index in [1.54, 1.807) is 30.3 Å². The normalized spacial score (nSPS) is 9.75. The molecule has 0 radical (unpaired) electrons. The van der Waals surface area contributed by atoms with E-state index in [0.717, 1.165) is 0 Å². The predicted molar refractivity (Wildman–Crippen MR) is 62.2 cm³/mol. The van der Waals surface area contributed by atoms with Gasteiger partial charge >= 0.3 is 0 Å². The Morgan fingerprint density at radius 2 is 2.06 bits per heavy atom. The van der Waals surface area contributed by atoms with Crippen LogP contribution >= 0.6 is 11.6 Å². The second-order valence-corrected chi connectivity index (χ2v) is 3.64. The molecule has 0 saturated heterocycles. The van der Waals surface area contributed by atoms with Gasteiger partial charge in [-0.1, -0.05) is 17.7 Å². The van der Waals surface area contributed by atoms with Gasteiger partial charge in [0.05, 0.1) is 11.6 Å². The Balaban J connectivity index is 2.64. The lowest BCUT2D eigenvalue weighted by Crippen LogP contribution is -2.03. The van der Waals surface area contributed by atoms with Gasteiger partial charge in [0.1, 0.15) is 0 Å². The van der Waals surface area contributed by atoms with Gasteiger partial charge in [0.2, 0.25) is 5.56 Å². The maximum absolute atomic E-state index is 11.2. The van der Waals surface area contributed by atoms with E-state index in [1.807, 2.05) is 6.07 Å². The van der Waals surface area contributed by atoms with Crippen LogP contribution in [0.5, 0.6) is 0 Å². The molecule has 1 N–H and O–H groups in total. The van der Waals surface area contributed by atoms with Gasteiger partial charge in [0.25, 0.3) is 0 Å². The van der Waals surface area contributed by atoms with Crippen LogP contribution in [0, 0.1) is 11.3 Å². The number of halogens is 1. The Morgan fingerprint density at radius 3 is 2.75 bits per heavy atom. The molecule has 0 spiro atoms. The number of benzene rings is 1. The number of nitrogens with zero attached hydrogens (tertiary/aromatic N) is 1. The fraction of sp³-hybridized carbons (Fsp3) is 0. The predicted octanol–water partition coefficient (Wildman–Crippen LogP) is 2.57. The van der Waals surface area contributed by atoms with Crippen molar-refractivity contribution in [1.82, 2.24) is 4.98 Å². The molecule has 0 aliphatic heterocycles. The quantitative estimate of drug-likeness (QED) is 0.819. The number of rotatable bonds is 1. The van der Waals surface area contributed by atoms with E-state index in [2.05, 4.69) is 4.98 Å². The van der Waals surface area contributed by atoms with E-state index in [-0.39, 0.29) is 5.56 Å². The molecule has 2 aromatic rings. The SMILES string of the molecule is N#Cc1ccc(Cl)c(-c2cccc(=O)[nH]2)c1. The molecule has 2 rings (SSSR count). The zero-order valence-corrected chi connectivity index (χ0v) is 8.95. The summed E-state index contributed by atoms with van der Waals surface area (Å²) in [6.07, 6.45) is 0. The molecule has 1 heterocycles. The third-order valence-electron chi connectivity index (χ3n) is 2.15. The Labute approximate surface area is 96.9 Å². The second kappa shape index (κ2) is 4.21. The molecule has 0 amide bonds. The highest BCUT2D eigenvalue weighted by Gasteiger charge is 2.05. The number of aromatic amines is 1. The van der Waals surface area contributed by atoms with Crippen molar-refractivity contribution in [3.05, 3.63) is 57.3 Å². The lowest BCUT2D eigenvalue weighted by Gasteiger charge is -2.04. The van der Waals surface area contributed by atoms with Crippen molar-refractivity contribution in [3.63, 3.8) is 0 Å². The average molecular weight is 231 g/mol. The molecule has 78 valence electrons. The zero-order valence-electron chi connectivity index (χ0n) is 8.20. The van der Waals surface area contributed by atoms with E-state index in [9.17, 15) is 4.79 Å².